The van der Waals surface area contributed by atoms with Crippen molar-refractivity contribution in [2.75, 3.05) is 46.4 Å². The molecule has 0 aromatic heterocycles. The highest BCUT2D eigenvalue weighted by molar-refractivity contribution is 5.98. The minimum absolute atomic E-state index is 0.0753. The Kier molecular flexibility index (Phi) is 9.15. The van der Waals surface area contributed by atoms with Crippen LogP contribution in [-0.2, 0) is 6.54 Å². The summed E-state index contributed by atoms with van der Waals surface area (Å²) >= 11 is 0. The second kappa shape index (κ2) is 12.5. The Morgan fingerprint density at radius 2 is 1.94 bits per heavy atom. The van der Waals surface area contributed by atoms with Crippen molar-refractivity contribution in [2.24, 2.45) is 11.1 Å². The summed E-state index contributed by atoms with van der Waals surface area (Å²) in [5.74, 6) is 0.0365. The van der Waals surface area contributed by atoms with Crippen LogP contribution in [0.1, 0.15) is 43.7 Å². The third-order valence-corrected chi connectivity index (χ3v) is 7.45. The summed E-state index contributed by atoms with van der Waals surface area (Å²) in [7, 11) is 1.75. The summed E-state index contributed by atoms with van der Waals surface area (Å²) in [6, 6.07) is 12.1. The van der Waals surface area contributed by atoms with E-state index in [1.54, 1.807) is 11.9 Å². The van der Waals surface area contributed by atoms with Gasteiger partial charge in [0.15, 0.2) is 5.84 Å². The first-order chi connectivity index (χ1) is 17.4. The van der Waals surface area contributed by atoms with Crippen LogP contribution in [0.25, 0.3) is 0 Å². The van der Waals surface area contributed by atoms with Crippen LogP contribution in [0.5, 0.6) is 5.75 Å². The zero-order valence-corrected chi connectivity index (χ0v) is 21.4. The Morgan fingerprint density at radius 3 is 2.69 bits per heavy atom. The predicted octanol–water partition coefficient (Wildman–Crippen LogP) is 4.81. The van der Waals surface area contributed by atoms with Crippen LogP contribution in [0.15, 0.2) is 47.6 Å². The van der Waals surface area contributed by atoms with Gasteiger partial charge in [-0.25, -0.2) is 8.78 Å². The number of piperidine rings is 1. The zero-order valence-electron chi connectivity index (χ0n) is 21.4. The Morgan fingerprint density at radius 1 is 1.14 bits per heavy atom. The topological polar surface area (TPSA) is 51.5 Å². The van der Waals surface area contributed by atoms with Gasteiger partial charge in [-0.2, -0.15) is 0 Å². The lowest BCUT2D eigenvalue weighted by molar-refractivity contribution is 0.0860. The van der Waals surface area contributed by atoms with Crippen molar-refractivity contribution in [3.05, 3.63) is 65.2 Å². The van der Waals surface area contributed by atoms with E-state index in [0.29, 0.717) is 25.1 Å². The Hall–Kier alpha value is -2.71. The number of likely N-dealkylation sites (N-methyl/N-ethyl adjacent to an activating group) is 1. The molecule has 0 saturated carbocycles. The standard InChI is InChI=1S/C28H38F2N4O2/c1-21-8-9-23(20-36-25-7-5-6-22(16-25)18-33-12-3-4-13-33)19-34(21)15-14-32(2)28(31-35)26-11-10-24(29)17-27(26)30/h5-7,10-11,16-17,21,23,35H,3-4,8-9,12-15,18-20H2,1-2H3/t21-,23-/m1/s1. The number of ether oxygens (including phenoxy) is 1. The molecule has 0 amide bonds. The molecule has 2 aliphatic heterocycles. The maximum atomic E-state index is 14.2. The van der Waals surface area contributed by atoms with Crippen LogP contribution < -0.4 is 4.74 Å². The molecule has 2 saturated heterocycles. The maximum Gasteiger partial charge on any atom is 0.178 e. The molecule has 196 valence electrons. The fraction of sp³-hybridized carbons (Fsp3) is 0.536. The van der Waals surface area contributed by atoms with Crippen molar-refractivity contribution in [1.29, 1.82) is 0 Å². The van der Waals surface area contributed by atoms with Gasteiger partial charge in [-0.3, -0.25) is 9.80 Å². The Bertz CT molecular complexity index is 1030. The van der Waals surface area contributed by atoms with Crippen LogP contribution in [0.2, 0.25) is 0 Å². The fourth-order valence-electron chi connectivity index (χ4n) is 5.25. The summed E-state index contributed by atoms with van der Waals surface area (Å²) in [5, 5.41) is 12.8. The number of amidine groups is 1. The second-order valence-corrected chi connectivity index (χ2v) is 10.2. The van der Waals surface area contributed by atoms with Crippen LogP contribution in [0, 0.1) is 17.6 Å². The molecule has 0 radical (unpaired) electrons. The van der Waals surface area contributed by atoms with E-state index in [0.717, 1.165) is 50.4 Å². The lowest BCUT2D eigenvalue weighted by atomic mass is 9.94. The summed E-state index contributed by atoms with van der Waals surface area (Å²) in [6.45, 7) is 8.45. The smallest absolute Gasteiger partial charge is 0.178 e. The average molecular weight is 501 g/mol. The molecule has 2 heterocycles. The normalized spacial score (nSPS) is 21.6. The van der Waals surface area contributed by atoms with Gasteiger partial charge < -0.3 is 14.8 Å². The van der Waals surface area contributed by atoms with Gasteiger partial charge in [0.25, 0.3) is 0 Å². The number of halogens is 2. The molecule has 0 aliphatic carbocycles. The highest BCUT2D eigenvalue weighted by Gasteiger charge is 2.26. The molecule has 0 spiro atoms. The number of benzene rings is 2. The lowest BCUT2D eigenvalue weighted by Crippen LogP contribution is -2.47. The van der Waals surface area contributed by atoms with E-state index >= 15 is 0 Å². The van der Waals surface area contributed by atoms with Crippen molar-refractivity contribution >= 4 is 5.84 Å². The number of likely N-dealkylation sites (tertiary alicyclic amines) is 2. The minimum atomic E-state index is -0.747. The van der Waals surface area contributed by atoms with Crippen molar-refractivity contribution < 1.29 is 18.7 Å². The van der Waals surface area contributed by atoms with E-state index in [4.69, 9.17) is 4.74 Å². The van der Waals surface area contributed by atoms with E-state index in [9.17, 15) is 14.0 Å². The SMILES string of the molecule is C[C@@H]1CC[C@@H](COc2cccc(CN3CCCC3)c2)CN1CCN(C)C(=NO)c1ccc(F)cc1F. The molecule has 2 atom stereocenters. The van der Waals surface area contributed by atoms with Gasteiger partial charge in [0, 0.05) is 51.3 Å². The molecule has 4 rings (SSSR count). The largest absolute Gasteiger partial charge is 0.493 e. The molecule has 36 heavy (non-hydrogen) atoms. The van der Waals surface area contributed by atoms with Crippen molar-refractivity contribution in [1.82, 2.24) is 14.7 Å². The lowest BCUT2D eigenvalue weighted by Gasteiger charge is -2.38. The molecular weight excluding hydrogens is 462 g/mol. The van der Waals surface area contributed by atoms with Gasteiger partial charge in [-0.15, -0.1) is 0 Å². The summed E-state index contributed by atoms with van der Waals surface area (Å²) in [5.41, 5.74) is 1.38. The molecule has 1 N–H and O–H groups in total. The first kappa shape index (κ1) is 26.4. The monoisotopic (exact) mass is 500 g/mol. The van der Waals surface area contributed by atoms with Gasteiger partial charge in [-0.05, 0) is 75.5 Å². The first-order valence-corrected chi connectivity index (χ1v) is 13.0. The van der Waals surface area contributed by atoms with Gasteiger partial charge in [0.05, 0.1) is 12.2 Å². The van der Waals surface area contributed by atoms with Gasteiger partial charge in [0.1, 0.15) is 17.4 Å². The van der Waals surface area contributed by atoms with Crippen LogP contribution in [-0.4, -0.2) is 78.2 Å². The second-order valence-electron chi connectivity index (χ2n) is 10.2. The molecule has 2 aromatic rings. The van der Waals surface area contributed by atoms with Crippen LogP contribution >= 0.6 is 0 Å². The van der Waals surface area contributed by atoms with E-state index in [1.165, 1.54) is 37.6 Å². The summed E-state index contributed by atoms with van der Waals surface area (Å²) in [6.07, 6.45) is 4.78. The average Bonchev–Trinajstić information content (AvgIpc) is 3.37. The number of rotatable bonds is 9. The van der Waals surface area contributed by atoms with Gasteiger partial charge >= 0.3 is 0 Å². The fourth-order valence-corrected chi connectivity index (χ4v) is 5.25. The summed E-state index contributed by atoms with van der Waals surface area (Å²) < 4.78 is 33.7. The van der Waals surface area contributed by atoms with Gasteiger partial charge in [-0.1, -0.05) is 17.3 Å². The highest BCUT2D eigenvalue weighted by atomic mass is 19.1. The van der Waals surface area contributed by atoms with E-state index in [1.807, 2.05) is 6.07 Å². The molecule has 2 aromatic carbocycles. The number of oxime groups is 1. The van der Waals surface area contributed by atoms with Crippen molar-refractivity contribution in [3.63, 3.8) is 0 Å². The quantitative estimate of drug-likeness (QED) is 0.232. The number of hydrogen-bond acceptors (Lipinski definition) is 5. The highest BCUT2D eigenvalue weighted by Crippen LogP contribution is 2.24. The molecule has 2 fully saturated rings. The molecule has 0 unspecified atom stereocenters. The van der Waals surface area contributed by atoms with E-state index < -0.39 is 11.6 Å². The van der Waals surface area contributed by atoms with Gasteiger partial charge in [0.2, 0.25) is 0 Å². The summed E-state index contributed by atoms with van der Waals surface area (Å²) in [4.78, 5) is 6.61. The predicted molar refractivity (Wildman–Crippen MR) is 138 cm³/mol. The van der Waals surface area contributed by atoms with Crippen LogP contribution in [0.3, 0.4) is 0 Å². The third-order valence-electron chi connectivity index (χ3n) is 7.45. The minimum Gasteiger partial charge on any atom is -0.493 e. The molecular formula is C28H38F2N4O2. The van der Waals surface area contributed by atoms with Crippen molar-refractivity contribution in [3.8, 4) is 5.75 Å². The van der Waals surface area contributed by atoms with E-state index in [2.05, 4.69) is 40.1 Å². The number of hydrogen-bond donors (Lipinski definition) is 1. The number of nitrogens with zero attached hydrogens (tertiary/aromatic N) is 4. The molecule has 0 bridgehead atoms. The molecule has 8 heteroatoms. The maximum absolute atomic E-state index is 14.2. The molecule has 6 nitrogen and oxygen atoms in total. The van der Waals surface area contributed by atoms with E-state index in [-0.39, 0.29) is 11.4 Å². The molecule has 2 aliphatic rings. The zero-order chi connectivity index (χ0) is 25.5. The Labute approximate surface area is 213 Å². The van der Waals surface area contributed by atoms with Crippen molar-refractivity contribution in [2.45, 2.75) is 45.2 Å². The first-order valence-electron chi connectivity index (χ1n) is 13.0. The third kappa shape index (κ3) is 6.95. The Balaban J connectivity index is 1.28. The van der Waals surface area contributed by atoms with Crippen LogP contribution in [0.4, 0.5) is 8.78 Å².